The van der Waals surface area contributed by atoms with Crippen LogP contribution < -0.4 is 0 Å². The Labute approximate surface area is 273 Å². The molecule has 7 aromatic rings. The van der Waals surface area contributed by atoms with Crippen LogP contribution >= 0.6 is 0 Å². The summed E-state index contributed by atoms with van der Waals surface area (Å²) in [5.74, 6) is 0.755. The molecule has 7 rings (SSSR count). The molecular weight excluding hydrogens is 600 g/mol. The van der Waals surface area contributed by atoms with Crippen LogP contribution in [0.1, 0.15) is 16.7 Å². The summed E-state index contributed by atoms with van der Waals surface area (Å²) in [5, 5.41) is 28.1. The van der Waals surface area contributed by atoms with E-state index in [9.17, 15) is 15.8 Å². The summed E-state index contributed by atoms with van der Waals surface area (Å²) < 4.78 is 0. The minimum absolute atomic E-state index is 0.252. The third-order valence-corrected chi connectivity index (χ3v) is 7.02. The first-order chi connectivity index (χ1) is 23.6. The Morgan fingerprint density at radius 2 is 0.625 bits per heavy atom. The number of rotatable bonds is 6. The van der Waals surface area contributed by atoms with Crippen molar-refractivity contribution in [1.29, 1.82) is 15.8 Å². The zero-order chi connectivity index (χ0) is 32.9. The van der Waals surface area contributed by atoms with Gasteiger partial charge in [-0.15, -0.1) is 0 Å². The predicted molar refractivity (Wildman–Crippen MR) is 173 cm³/mol. The summed E-state index contributed by atoms with van der Waals surface area (Å²) in [6, 6.07) is 32.3. The van der Waals surface area contributed by atoms with Gasteiger partial charge in [-0.05, 0) is 72.8 Å². The van der Waals surface area contributed by atoms with E-state index in [1.807, 2.05) is 0 Å². The molecule has 0 amide bonds. The highest BCUT2D eigenvalue weighted by Crippen LogP contribution is 2.27. The number of nitrogens with zero attached hydrogens (tertiary/aromatic N) is 12. The first-order valence-corrected chi connectivity index (χ1v) is 14.4. The Bertz CT molecular complexity index is 2190. The van der Waals surface area contributed by atoms with Gasteiger partial charge in [0.2, 0.25) is 0 Å². The van der Waals surface area contributed by atoms with Crippen molar-refractivity contribution in [3.05, 3.63) is 126 Å². The smallest absolute Gasteiger partial charge is 0.182 e. The molecule has 7 heterocycles. The Kier molecular flexibility index (Phi) is 7.75. The number of pyridine rings is 6. The molecule has 0 fully saturated rings. The molecule has 48 heavy (non-hydrogen) atoms. The summed E-state index contributed by atoms with van der Waals surface area (Å²) in [6.07, 6.45) is 4.67. The predicted octanol–water partition coefficient (Wildman–Crippen LogP) is 5.86. The Morgan fingerprint density at radius 3 is 0.917 bits per heavy atom. The highest BCUT2D eigenvalue weighted by molar-refractivity contribution is 5.68. The lowest BCUT2D eigenvalue weighted by Crippen LogP contribution is -2.04. The quantitative estimate of drug-likeness (QED) is 0.216. The third kappa shape index (κ3) is 6.02. The maximum absolute atomic E-state index is 9.38. The lowest BCUT2D eigenvalue weighted by molar-refractivity contribution is 1.03. The van der Waals surface area contributed by atoms with E-state index < -0.39 is 0 Å². The molecule has 12 nitrogen and oxygen atoms in total. The highest BCUT2D eigenvalue weighted by Gasteiger charge is 2.17. The fraction of sp³-hybridized carbons (Fsp3) is 0. The van der Waals surface area contributed by atoms with Crippen molar-refractivity contribution in [1.82, 2.24) is 44.9 Å². The topological polar surface area (TPSA) is 187 Å². The minimum Gasteiger partial charge on any atom is -0.255 e. The van der Waals surface area contributed by atoms with E-state index >= 15 is 0 Å². The molecule has 0 N–H and O–H groups in total. The van der Waals surface area contributed by atoms with Crippen LogP contribution in [0.2, 0.25) is 0 Å². The van der Waals surface area contributed by atoms with Crippen molar-refractivity contribution in [2.24, 2.45) is 0 Å². The van der Waals surface area contributed by atoms with E-state index in [4.69, 9.17) is 29.9 Å². The molecule has 0 saturated heterocycles. The second-order valence-electron chi connectivity index (χ2n) is 10.2. The molecule has 0 bridgehead atoms. The summed E-state index contributed by atoms with van der Waals surface area (Å²) in [7, 11) is 0. The Hall–Kier alpha value is -7.62. The summed E-state index contributed by atoms with van der Waals surface area (Å²) >= 11 is 0. The van der Waals surface area contributed by atoms with Crippen LogP contribution in [0.4, 0.5) is 0 Å². The van der Waals surface area contributed by atoms with Crippen LogP contribution in [0.3, 0.4) is 0 Å². The Morgan fingerprint density at radius 1 is 0.333 bits per heavy atom. The largest absolute Gasteiger partial charge is 0.255 e. The molecule has 0 aliphatic heterocycles. The van der Waals surface area contributed by atoms with Crippen LogP contribution in [-0.2, 0) is 0 Å². The van der Waals surface area contributed by atoms with Gasteiger partial charge >= 0.3 is 0 Å². The van der Waals surface area contributed by atoms with E-state index in [0.29, 0.717) is 67.9 Å². The number of aromatic nitrogens is 9. The summed E-state index contributed by atoms with van der Waals surface area (Å²) in [4.78, 5) is 41.8. The molecule has 222 valence electrons. The molecule has 0 unspecified atom stereocenters. The first kappa shape index (κ1) is 29.1. The second-order valence-corrected chi connectivity index (χ2v) is 10.2. The standard InChI is InChI=1S/C36H18N12/c37-19-22-10-13-40-31(16-22)25-4-1-7-28(43-25)34-46-35(29-8-2-5-26(44-29)32-17-23(20-38)11-14-41-32)48-36(47-34)30-9-3-6-27(45-30)33-18-24(21-39)12-15-42-33/h1-18H. The van der Waals surface area contributed by atoms with Gasteiger partial charge in [0, 0.05) is 18.6 Å². The van der Waals surface area contributed by atoms with Gasteiger partial charge in [-0.1, -0.05) is 18.2 Å². The second kappa shape index (κ2) is 12.8. The maximum Gasteiger partial charge on any atom is 0.182 e. The third-order valence-electron chi connectivity index (χ3n) is 7.02. The van der Waals surface area contributed by atoms with Crippen molar-refractivity contribution in [2.75, 3.05) is 0 Å². The zero-order valence-corrected chi connectivity index (χ0v) is 24.8. The first-order valence-electron chi connectivity index (χ1n) is 14.4. The van der Waals surface area contributed by atoms with Crippen molar-refractivity contribution < 1.29 is 0 Å². The number of nitriles is 3. The van der Waals surface area contributed by atoms with Gasteiger partial charge < -0.3 is 0 Å². The van der Waals surface area contributed by atoms with Crippen molar-refractivity contribution in [3.8, 4) is 86.9 Å². The van der Waals surface area contributed by atoms with Gasteiger partial charge in [0.1, 0.15) is 17.1 Å². The number of hydrogen-bond donors (Lipinski definition) is 0. The number of hydrogen-bond acceptors (Lipinski definition) is 12. The highest BCUT2D eigenvalue weighted by atomic mass is 15.1. The molecule has 12 heteroatoms. The Balaban J connectivity index is 1.38. The molecule has 0 atom stereocenters. The zero-order valence-electron chi connectivity index (χ0n) is 24.8. The van der Waals surface area contributed by atoms with E-state index in [-0.39, 0.29) is 17.5 Å². The van der Waals surface area contributed by atoms with Crippen LogP contribution in [0, 0.1) is 34.0 Å². The van der Waals surface area contributed by atoms with Crippen LogP contribution in [0.15, 0.2) is 110 Å². The molecule has 0 spiro atoms. The van der Waals surface area contributed by atoms with Crippen molar-refractivity contribution in [2.45, 2.75) is 0 Å². The SMILES string of the molecule is N#Cc1ccnc(-c2cccc(-c3nc(-c4cccc(-c5cc(C#N)ccn5)n4)nc(-c4cccc(-c5cc(C#N)ccn5)n4)n3)n2)c1. The van der Waals surface area contributed by atoms with Crippen LogP contribution in [0.5, 0.6) is 0 Å². The molecule has 0 aliphatic carbocycles. The van der Waals surface area contributed by atoms with E-state index in [2.05, 4.69) is 33.2 Å². The van der Waals surface area contributed by atoms with Gasteiger partial charge in [-0.3, -0.25) is 15.0 Å². The van der Waals surface area contributed by atoms with E-state index in [0.717, 1.165) is 0 Å². The lowest BCUT2D eigenvalue weighted by Gasteiger charge is -2.10. The summed E-state index contributed by atoms with van der Waals surface area (Å²) in [6.45, 7) is 0. The maximum atomic E-state index is 9.38. The fourth-order valence-corrected chi connectivity index (χ4v) is 4.75. The molecule has 0 saturated carbocycles. The molecule has 0 aromatic carbocycles. The molecule has 0 aliphatic rings. The molecular formula is C36H18N12. The fourth-order valence-electron chi connectivity index (χ4n) is 4.75. The van der Waals surface area contributed by atoms with E-state index in [1.165, 1.54) is 0 Å². The minimum atomic E-state index is 0.252. The van der Waals surface area contributed by atoms with Crippen molar-refractivity contribution in [3.63, 3.8) is 0 Å². The van der Waals surface area contributed by atoms with Gasteiger partial charge in [0.25, 0.3) is 0 Å². The molecule has 0 radical (unpaired) electrons. The normalized spacial score (nSPS) is 10.4. The van der Waals surface area contributed by atoms with E-state index in [1.54, 1.807) is 110 Å². The average Bonchev–Trinajstić information content (AvgIpc) is 3.18. The van der Waals surface area contributed by atoms with Gasteiger partial charge in [0.05, 0.1) is 69.1 Å². The van der Waals surface area contributed by atoms with Crippen LogP contribution in [-0.4, -0.2) is 44.9 Å². The van der Waals surface area contributed by atoms with Gasteiger partial charge in [-0.2, -0.15) is 15.8 Å². The van der Waals surface area contributed by atoms with Gasteiger partial charge in [-0.25, -0.2) is 29.9 Å². The average molecular weight is 619 g/mol. The van der Waals surface area contributed by atoms with Crippen molar-refractivity contribution >= 4 is 0 Å². The summed E-state index contributed by atoms with van der Waals surface area (Å²) in [5.41, 5.74) is 5.81. The monoisotopic (exact) mass is 618 g/mol. The lowest BCUT2D eigenvalue weighted by atomic mass is 10.1. The molecule has 7 aromatic heterocycles. The van der Waals surface area contributed by atoms with Crippen LogP contribution in [0.25, 0.3) is 68.7 Å². The van der Waals surface area contributed by atoms with Gasteiger partial charge in [0.15, 0.2) is 17.5 Å².